The predicted molar refractivity (Wildman–Crippen MR) is 107 cm³/mol. The summed E-state index contributed by atoms with van der Waals surface area (Å²) in [5.74, 6) is 1.06. The summed E-state index contributed by atoms with van der Waals surface area (Å²) in [5, 5.41) is 3.16. The van der Waals surface area contributed by atoms with E-state index in [1.807, 2.05) is 12.1 Å². The Morgan fingerprint density at radius 2 is 2.00 bits per heavy atom. The maximum Gasteiger partial charge on any atom is 0.230 e. The Labute approximate surface area is 163 Å². The lowest BCUT2D eigenvalue weighted by Crippen LogP contribution is -2.29. The van der Waals surface area contributed by atoms with E-state index in [1.165, 1.54) is 23.4 Å². The molecular weight excluding hydrogens is 373 g/mol. The van der Waals surface area contributed by atoms with Gasteiger partial charge in [-0.2, -0.15) is 0 Å². The standard InChI is InChI=1S/C20H23ClFNO2S/c1-2-3-15-4-8-18(9-5-15)25-11-10-23-20(24)14-26-13-16-6-7-17(21)12-19(16)22/h4-9,12H,2-3,10-11,13-14H2,1H3,(H,23,24). The average Bonchev–Trinajstić information content (AvgIpc) is 2.62. The highest BCUT2D eigenvalue weighted by atomic mass is 35.5. The van der Waals surface area contributed by atoms with Crippen LogP contribution in [0.1, 0.15) is 24.5 Å². The number of halogens is 2. The molecule has 0 aromatic heterocycles. The van der Waals surface area contributed by atoms with Crippen molar-refractivity contribution in [1.29, 1.82) is 0 Å². The number of carbonyl (C=O) groups is 1. The monoisotopic (exact) mass is 395 g/mol. The molecule has 2 aromatic carbocycles. The van der Waals surface area contributed by atoms with Crippen LogP contribution in [0.25, 0.3) is 0 Å². The highest BCUT2D eigenvalue weighted by Gasteiger charge is 2.06. The molecule has 6 heteroatoms. The summed E-state index contributed by atoms with van der Waals surface area (Å²) in [6, 6.07) is 12.6. The van der Waals surface area contributed by atoms with E-state index in [-0.39, 0.29) is 17.5 Å². The van der Waals surface area contributed by atoms with Crippen molar-refractivity contribution in [3.8, 4) is 5.75 Å². The number of thioether (sulfide) groups is 1. The highest BCUT2D eigenvalue weighted by molar-refractivity contribution is 7.99. The topological polar surface area (TPSA) is 38.3 Å². The lowest BCUT2D eigenvalue weighted by Gasteiger charge is -2.09. The van der Waals surface area contributed by atoms with Crippen molar-refractivity contribution >= 4 is 29.3 Å². The summed E-state index contributed by atoms with van der Waals surface area (Å²) in [7, 11) is 0. The molecule has 26 heavy (non-hydrogen) atoms. The smallest absolute Gasteiger partial charge is 0.230 e. The predicted octanol–water partition coefficient (Wildman–Crippen LogP) is 4.86. The van der Waals surface area contributed by atoms with Gasteiger partial charge >= 0.3 is 0 Å². The third kappa shape index (κ3) is 7.26. The molecule has 0 fully saturated rings. The van der Waals surface area contributed by atoms with Crippen LogP contribution < -0.4 is 10.1 Å². The summed E-state index contributed by atoms with van der Waals surface area (Å²) >= 11 is 7.07. The fraction of sp³-hybridized carbons (Fsp3) is 0.350. The van der Waals surface area contributed by atoms with Gasteiger partial charge in [-0.05, 0) is 41.8 Å². The first-order chi connectivity index (χ1) is 12.6. The van der Waals surface area contributed by atoms with E-state index in [4.69, 9.17) is 16.3 Å². The zero-order chi connectivity index (χ0) is 18.8. The first kappa shape index (κ1) is 20.6. The lowest BCUT2D eigenvalue weighted by molar-refractivity contribution is -0.118. The molecule has 0 saturated carbocycles. The van der Waals surface area contributed by atoms with Crippen molar-refractivity contribution in [2.24, 2.45) is 0 Å². The van der Waals surface area contributed by atoms with Gasteiger partial charge in [0.2, 0.25) is 5.91 Å². The van der Waals surface area contributed by atoms with Gasteiger partial charge in [0.05, 0.1) is 12.3 Å². The molecule has 140 valence electrons. The molecule has 0 aliphatic rings. The van der Waals surface area contributed by atoms with E-state index in [0.29, 0.717) is 29.5 Å². The number of aryl methyl sites for hydroxylation is 1. The zero-order valence-electron chi connectivity index (χ0n) is 14.8. The number of hydrogen-bond donors (Lipinski definition) is 1. The molecule has 0 saturated heterocycles. The molecule has 1 N–H and O–H groups in total. The van der Waals surface area contributed by atoms with Crippen molar-refractivity contribution in [3.63, 3.8) is 0 Å². The van der Waals surface area contributed by atoms with Gasteiger partial charge in [-0.25, -0.2) is 4.39 Å². The van der Waals surface area contributed by atoms with Gasteiger partial charge in [-0.1, -0.05) is 43.1 Å². The maximum atomic E-state index is 13.6. The van der Waals surface area contributed by atoms with E-state index in [9.17, 15) is 9.18 Å². The molecule has 0 radical (unpaired) electrons. The van der Waals surface area contributed by atoms with Gasteiger partial charge in [0.15, 0.2) is 0 Å². The molecule has 0 unspecified atom stereocenters. The number of hydrogen-bond acceptors (Lipinski definition) is 3. The van der Waals surface area contributed by atoms with Gasteiger partial charge in [0, 0.05) is 10.8 Å². The summed E-state index contributed by atoms with van der Waals surface area (Å²) in [6.07, 6.45) is 2.18. The number of ether oxygens (including phenoxy) is 1. The second kappa shape index (κ2) is 11.1. The largest absolute Gasteiger partial charge is 0.492 e. The van der Waals surface area contributed by atoms with Crippen LogP contribution in [0.4, 0.5) is 4.39 Å². The first-order valence-electron chi connectivity index (χ1n) is 8.58. The van der Waals surface area contributed by atoms with E-state index in [0.717, 1.165) is 18.6 Å². The van der Waals surface area contributed by atoms with E-state index in [2.05, 4.69) is 24.4 Å². The van der Waals surface area contributed by atoms with Crippen LogP contribution in [0, 0.1) is 5.82 Å². The normalized spacial score (nSPS) is 10.6. The highest BCUT2D eigenvalue weighted by Crippen LogP contribution is 2.19. The second-order valence-corrected chi connectivity index (χ2v) is 7.24. The average molecular weight is 396 g/mol. The van der Waals surface area contributed by atoms with Crippen molar-refractivity contribution in [1.82, 2.24) is 5.32 Å². The van der Waals surface area contributed by atoms with Gasteiger partial charge in [0.25, 0.3) is 0 Å². The fourth-order valence-corrected chi connectivity index (χ4v) is 3.35. The van der Waals surface area contributed by atoms with Crippen LogP contribution in [-0.4, -0.2) is 24.8 Å². The molecule has 0 spiro atoms. The number of nitrogens with one attached hydrogen (secondary N) is 1. The minimum absolute atomic E-state index is 0.0914. The molecule has 3 nitrogen and oxygen atoms in total. The van der Waals surface area contributed by atoms with Crippen LogP contribution in [0.3, 0.4) is 0 Å². The van der Waals surface area contributed by atoms with Crippen molar-refractivity contribution < 1.29 is 13.9 Å². The van der Waals surface area contributed by atoms with E-state index in [1.54, 1.807) is 12.1 Å². The second-order valence-electron chi connectivity index (χ2n) is 5.82. The van der Waals surface area contributed by atoms with Gasteiger partial charge in [-0.15, -0.1) is 11.8 Å². The maximum absolute atomic E-state index is 13.6. The molecule has 0 aliphatic heterocycles. The Morgan fingerprint density at radius 1 is 1.23 bits per heavy atom. The van der Waals surface area contributed by atoms with Crippen LogP contribution in [0.2, 0.25) is 5.02 Å². The van der Waals surface area contributed by atoms with Crippen LogP contribution >= 0.6 is 23.4 Å². The lowest BCUT2D eigenvalue weighted by atomic mass is 10.1. The first-order valence-corrected chi connectivity index (χ1v) is 10.1. The van der Waals surface area contributed by atoms with Crippen LogP contribution in [0.5, 0.6) is 5.75 Å². The molecule has 0 aliphatic carbocycles. The van der Waals surface area contributed by atoms with E-state index < -0.39 is 0 Å². The zero-order valence-corrected chi connectivity index (χ0v) is 16.3. The molecule has 2 aromatic rings. The molecule has 0 bridgehead atoms. The minimum Gasteiger partial charge on any atom is -0.492 e. The number of rotatable bonds is 10. The quantitative estimate of drug-likeness (QED) is 0.584. The van der Waals surface area contributed by atoms with Crippen molar-refractivity contribution in [3.05, 3.63) is 64.4 Å². The van der Waals surface area contributed by atoms with Gasteiger partial charge in [-0.3, -0.25) is 4.79 Å². The fourth-order valence-electron chi connectivity index (χ4n) is 2.34. The number of carbonyl (C=O) groups excluding carboxylic acids is 1. The van der Waals surface area contributed by atoms with E-state index >= 15 is 0 Å². The van der Waals surface area contributed by atoms with Gasteiger partial charge in [0.1, 0.15) is 18.2 Å². The minimum atomic E-state index is -0.344. The van der Waals surface area contributed by atoms with Crippen LogP contribution in [0.15, 0.2) is 42.5 Å². The number of benzene rings is 2. The summed E-state index contributed by atoms with van der Waals surface area (Å²) in [4.78, 5) is 11.8. The Morgan fingerprint density at radius 3 is 2.69 bits per heavy atom. The Balaban J connectivity index is 1.60. The SMILES string of the molecule is CCCc1ccc(OCCNC(=O)CSCc2ccc(Cl)cc2F)cc1. The Kier molecular flexibility index (Phi) is 8.78. The van der Waals surface area contributed by atoms with Crippen LogP contribution in [-0.2, 0) is 17.0 Å². The Hall–Kier alpha value is -1.72. The summed E-state index contributed by atoms with van der Waals surface area (Å²) < 4.78 is 19.2. The number of amides is 1. The van der Waals surface area contributed by atoms with Crippen molar-refractivity contribution in [2.45, 2.75) is 25.5 Å². The summed E-state index contributed by atoms with van der Waals surface area (Å²) in [5.41, 5.74) is 1.84. The molecule has 0 heterocycles. The third-order valence-electron chi connectivity index (χ3n) is 3.66. The summed E-state index contributed by atoms with van der Waals surface area (Å²) in [6.45, 7) is 3.00. The molecular formula is C20H23ClFNO2S. The Bertz CT molecular complexity index is 709. The molecule has 2 rings (SSSR count). The van der Waals surface area contributed by atoms with Gasteiger partial charge < -0.3 is 10.1 Å². The molecule has 1 amide bonds. The van der Waals surface area contributed by atoms with Crippen molar-refractivity contribution in [2.75, 3.05) is 18.9 Å². The molecule has 0 atom stereocenters. The third-order valence-corrected chi connectivity index (χ3v) is 4.88.